The lowest BCUT2D eigenvalue weighted by Gasteiger charge is -2.15. The van der Waals surface area contributed by atoms with E-state index in [4.69, 9.17) is 27.9 Å². The molecule has 0 saturated heterocycles. The number of ether oxygens (including phenoxy) is 1. The van der Waals surface area contributed by atoms with Gasteiger partial charge >= 0.3 is 5.97 Å². The summed E-state index contributed by atoms with van der Waals surface area (Å²) >= 11 is 13.2. The number of nitrogens with zero attached hydrogens (tertiary/aromatic N) is 3. The van der Waals surface area contributed by atoms with Crippen LogP contribution in [0.1, 0.15) is 59.8 Å². The van der Waals surface area contributed by atoms with Crippen LogP contribution in [0.2, 0.25) is 10.0 Å². The van der Waals surface area contributed by atoms with Crippen LogP contribution >= 0.6 is 35.0 Å². The van der Waals surface area contributed by atoms with Gasteiger partial charge in [0.25, 0.3) is 5.91 Å². The molecule has 3 aromatic rings. The topological polar surface area (TPSA) is 115 Å². The van der Waals surface area contributed by atoms with Crippen molar-refractivity contribution in [2.45, 2.75) is 44.9 Å². The van der Waals surface area contributed by atoms with Gasteiger partial charge in [-0.25, -0.2) is 4.79 Å². The van der Waals surface area contributed by atoms with Gasteiger partial charge in [-0.15, -0.1) is 10.2 Å². The zero-order valence-electron chi connectivity index (χ0n) is 20.6. The van der Waals surface area contributed by atoms with E-state index in [0.29, 0.717) is 51.0 Å². The van der Waals surface area contributed by atoms with Crippen LogP contribution in [0.5, 0.6) is 0 Å². The molecule has 0 spiro atoms. The van der Waals surface area contributed by atoms with E-state index in [-0.39, 0.29) is 17.6 Å². The highest BCUT2D eigenvalue weighted by Crippen LogP contribution is 2.24. The van der Waals surface area contributed by atoms with E-state index in [0.717, 1.165) is 6.42 Å². The van der Waals surface area contributed by atoms with Gasteiger partial charge in [0, 0.05) is 17.8 Å². The molecule has 0 aliphatic rings. The second-order valence-corrected chi connectivity index (χ2v) is 9.72. The molecule has 12 heteroatoms. The van der Waals surface area contributed by atoms with E-state index >= 15 is 0 Å². The number of hydrogen-bond donors (Lipinski definition) is 2. The van der Waals surface area contributed by atoms with Crippen LogP contribution in [-0.4, -0.2) is 44.9 Å². The Bertz CT molecular complexity index is 1280. The van der Waals surface area contributed by atoms with Crippen molar-refractivity contribution in [3.8, 4) is 0 Å². The summed E-state index contributed by atoms with van der Waals surface area (Å²) in [5.74, 6) is -0.399. The maximum Gasteiger partial charge on any atom is 0.338 e. The Morgan fingerprint density at radius 2 is 1.84 bits per heavy atom. The summed E-state index contributed by atoms with van der Waals surface area (Å²) in [5, 5.41) is 15.3. The SMILES string of the molecule is CCCOC(=O)c1cccc(NC(=O)CSc2nnc([C@@H](C)NC(=O)c3ccc(Cl)c(Cl)c3)n2CC)c1. The molecule has 2 aromatic carbocycles. The first-order chi connectivity index (χ1) is 17.7. The van der Waals surface area contributed by atoms with Crippen molar-refractivity contribution in [2.75, 3.05) is 17.7 Å². The molecule has 0 saturated carbocycles. The molecular weight excluding hydrogens is 537 g/mol. The van der Waals surface area contributed by atoms with Gasteiger partial charge in [-0.2, -0.15) is 0 Å². The summed E-state index contributed by atoms with van der Waals surface area (Å²) in [5.41, 5.74) is 1.23. The standard InChI is InChI=1S/C25H27Cl2N5O4S/c1-4-11-36-24(35)17-7-6-8-18(12-17)29-21(33)14-37-25-31-30-22(32(25)5-2)15(3)28-23(34)16-9-10-19(26)20(27)13-16/h6-10,12-13,15H,4-5,11,14H2,1-3H3,(H,28,34)(H,29,33)/t15-/m1/s1. The van der Waals surface area contributed by atoms with Crippen LogP contribution in [0.25, 0.3) is 0 Å². The van der Waals surface area contributed by atoms with Crippen LogP contribution in [0.3, 0.4) is 0 Å². The Kier molecular flexibility index (Phi) is 10.4. The average Bonchev–Trinajstić information content (AvgIpc) is 3.30. The van der Waals surface area contributed by atoms with Crippen LogP contribution in [-0.2, 0) is 16.1 Å². The molecule has 196 valence electrons. The maximum absolute atomic E-state index is 12.6. The number of halogens is 2. The Hall–Kier alpha value is -3.08. The van der Waals surface area contributed by atoms with Gasteiger partial charge in [0.15, 0.2) is 11.0 Å². The normalized spacial score (nSPS) is 11.6. The van der Waals surface area contributed by atoms with Crippen LogP contribution < -0.4 is 10.6 Å². The van der Waals surface area contributed by atoms with Crippen LogP contribution in [0.15, 0.2) is 47.6 Å². The Morgan fingerprint density at radius 1 is 1.05 bits per heavy atom. The first-order valence-electron chi connectivity index (χ1n) is 11.6. The molecule has 2 amide bonds. The molecule has 0 aliphatic carbocycles. The summed E-state index contributed by atoms with van der Waals surface area (Å²) in [6.45, 7) is 6.52. The van der Waals surface area contributed by atoms with E-state index in [1.165, 1.54) is 17.8 Å². The fraction of sp³-hybridized carbons (Fsp3) is 0.320. The molecular formula is C25H27Cl2N5O4S. The first kappa shape index (κ1) is 28.5. The van der Waals surface area contributed by atoms with Crippen molar-refractivity contribution in [3.63, 3.8) is 0 Å². The van der Waals surface area contributed by atoms with Crippen LogP contribution in [0, 0.1) is 0 Å². The van der Waals surface area contributed by atoms with Gasteiger partial charge < -0.3 is 19.9 Å². The molecule has 1 atom stereocenters. The molecule has 0 radical (unpaired) electrons. The number of esters is 1. The lowest BCUT2D eigenvalue weighted by Crippen LogP contribution is -2.28. The Morgan fingerprint density at radius 3 is 2.54 bits per heavy atom. The fourth-order valence-corrected chi connectivity index (χ4v) is 4.44. The summed E-state index contributed by atoms with van der Waals surface area (Å²) in [6, 6.07) is 10.8. The number of anilines is 1. The van der Waals surface area contributed by atoms with Gasteiger partial charge in [0.2, 0.25) is 5.91 Å². The molecule has 1 heterocycles. The molecule has 9 nitrogen and oxygen atoms in total. The Labute approximate surface area is 229 Å². The smallest absolute Gasteiger partial charge is 0.338 e. The van der Waals surface area contributed by atoms with Crippen molar-refractivity contribution >= 4 is 58.4 Å². The fourth-order valence-electron chi connectivity index (χ4n) is 3.34. The number of aromatic nitrogens is 3. The molecule has 0 aliphatic heterocycles. The second-order valence-electron chi connectivity index (χ2n) is 7.96. The van der Waals surface area contributed by atoms with Gasteiger partial charge in [0.05, 0.1) is 34.0 Å². The average molecular weight is 564 g/mol. The minimum Gasteiger partial charge on any atom is -0.462 e. The molecule has 37 heavy (non-hydrogen) atoms. The number of carbonyl (C=O) groups excluding carboxylic acids is 3. The van der Waals surface area contributed by atoms with Crippen molar-refractivity contribution < 1.29 is 19.1 Å². The zero-order valence-corrected chi connectivity index (χ0v) is 22.9. The van der Waals surface area contributed by atoms with Crippen molar-refractivity contribution in [1.29, 1.82) is 0 Å². The quantitative estimate of drug-likeness (QED) is 0.237. The third kappa shape index (κ3) is 7.70. The second kappa shape index (κ2) is 13.5. The molecule has 0 fully saturated rings. The third-order valence-corrected chi connectivity index (χ3v) is 6.84. The van der Waals surface area contributed by atoms with Crippen LogP contribution in [0.4, 0.5) is 5.69 Å². The largest absolute Gasteiger partial charge is 0.462 e. The molecule has 0 bridgehead atoms. The number of hydrogen-bond acceptors (Lipinski definition) is 7. The summed E-state index contributed by atoms with van der Waals surface area (Å²) in [4.78, 5) is 37.3. The lowest BCUT2D eigenvalue weighted by molar-refractivity contribution is -0.113. The first-order valence-corrected chi connectivity index (χ1v) is 13.4. The van der Waals surface area contributed by atoms with Crippen molar-refractivity contribution in [3.05, 3.63) is 69.5 Å². The van der Waals surface area contributed by atoms with Gasteiger partial charge in [-0.1, -0.05) is 48.0 Å². The number of benzene rings is 2. The minimum absolute atomic E-state index is 0.0760. The van der Waals surface area contributed by atoms with Crippen molar-refractivity contribution in [1.82, 2.24) is 20.1 Å². The monoisotopic (exact) mass is 563 g/mol. The highest BCUT2D eigenvalue weighted by molar-refractivity contribution is 7.99. The zero-order chi connectivity index (χ0) is 26.9. The van der Waals surface area contributed by atoms with E-state index in [1.54, 1.807) is 43.3 Å². The van der Waals surface area contributed by atoms with E-state index in [2.05, 4.69) is 20.8 Å². The van der Waals surface area contributed by atoms with E-state index < -0.39 is 12.0 Å². The third-order valence-electron chi connectivity index (χ3n) is 5.13. The van der Waals surface area contributed by atoms with Gasteiger partial charge in [-0.05, 0) is 56.7 Å². The number of rotatable bonds is 11. The predicted octanol–water partition coefficient (Wildman–Crippen LogP) is 5.39. The number of amides is 2. The lowest BCUT2D eigenvalue weighted by atomic mass is 10.2. The highest BCUT2D eigenvalue weighted by atomic mass is 35.5. The van der Waals surface area contributed by atoms with Gasteiger partial charge in [-0.3, -0.25) is 9.59 Å². The van der Waals surface area contributed by atoms with Crippen molar-refractivity contribution in [2.24, 2.45) is 0 Å². The van der Waals surface area contributed by atoms with Gasteiger partial charge in [0.1, 0.15) is 0 Å². The molecule has 0 unspecified atom stereocenters. The predicted molar refractivity (Wildman–Crippen MR) is 144 cm³/mol. The minimum atomic E-state index is -0.451. The van der Waals surface area contributed by atoms with E-state index in [9.17, 15) is 14.4 Å². The number of carbonyl (C=O) groups is 3. The number of nitrogens with one attached hydrogen (secondary N) is 2. The molecule has 1 aromatic heterocycles. The summed E-state index contributed by atoms with van der Waals surface area (Å²) in [6.07, 6.45) is 0.728. The number of thioether (sulfide) groups is 1. The van der Waals surface area contributed by atoms with E-state index in [1.807, 2.05) is 18.4 Å². The summed E-state index contributed by atoms with van der Waals surface area (Å²) < 4.78 is 6.97. The summed E-state index contributed by atoms with van der Waals surface area (Å²) in [7, 11) is 0. The molecule has 2 N–H and O–H groups in total. The molecule has 3 rings (SSSR count). The maximum atomic E-state index is 12.6. The highest BCUT2D eigenvalue weighted by Gasteiger charge is 2.21. The Balaban J connectivity index is 1.60.